The third kappa shape index (κ3) is 2.91. The minimum absolute atomic E-state index is 0.517. The van der Waals surface area contributed by atoms with Gasteiger partial charge in [0.1, 0.15) is 0 Å². The molecule has 2 nitrogen and oxygen atoms in total. The van der Waals surface area contributed by atoms with Crippen LogP contribution in [0.25, 0.3) is 0 Å². The van der Waals surface area contributed by atoms with Gasteiger partial charge >= 0.3 is 0 Å². The molecule has 0 amide bonds. The summed E-state index contributed by atoms with van der Waals surface area (Å²) in [5, 5.41) is 0. The normalized spacial score (nSPS) is 24.2. The molecule has 0 aromatic rings. The van der Waals surface area contributed by atoms with Gasteiger partial charge in [-0.2, -0.15) is 0 Å². The minimum atomic E-state index is -2.23. The van der Waals surface area contributed by atoms with Crippen molar-refractivity contribution in [3.8, 4) is 0 Å². The van der Waals surface area contributed by atoms with Crippen LogP contribution in [0.1, 0.15) is 39.0 Å². The lowest BCUT2D eigenvalue weighted by Gasteiger charge is -2.20. The fraction of sp³-hybridized carbons (Fsp3) is 1.00. The van der Waals surface area contributed by atoms with Gasteiger partial charge in [0.2, 0.25) is 0 Å². The molecule has 1 N–H and O–H groups in total. The summed E-state index contributed by atoms with van der Waals surface area (Å²) in [6.07, 6.45) is 6.86. The molecule has 0 bridgehead atoms. The molecular weight excluding hydrogens is 171 g/mol. The third-order valence-electron chi connectivity index (χ3n) is 3.03. The van der Waals surface area contributed by atoms with E-state index in [0.717, 1.165) is 12.3 Å². The third-order valence-corrected chi connectivity index (χ3v) is 3.90. The Bertz CT molecular complexity index is 153. The van der Waals surface area contributed by atoms with E-state index in [0.29, 0.717) is 12.1 Å². The molecule has 72 valence electrons. The molecule has 1 aliphatic carbocycles. The van der Waals surface area contributed by atoms with Crippen LogP contribution in [0.4, 0.5) is 0 Å². The monoisotopic (exact) mass is 190 g/mol. The van der Waals surface area contributed by atoms with Gasteiger partial charge in [-0.1, -0.05) is 39.0 Å². The fourth-order valence-electron chi connectivity index (χ4n) is 2.30. The molecule has 3 heteroatoms. The first-order valence-corrected chi connectivity index (χ1v) is 6.52. The van der Waals surface area contributed by atoms with Crippen molar-refractivity contribution in [1.82, 2.24) is 0 Å². The van der Waals surface area contributed by atoms with Gasteiger partial charge in [-0.25, -0.2) is 0 Å². The lowest BCUT2D eigenvalue weighted by molar-refractivity contribution is 0.351. The maximum atomic E-state index is 10.7. The second-order valence-corrected chi connectivity index (χ2v) is 5.01. The Hall–Kier alpha value is 0.190. The molecule has 1 saturated carbocycles. The Morgan fingerprint density at radius 3 is 2.50 bits per heavy atom. The maximum absolute atomic E-state index is 10.7. The van der Waals surface area contributed by atoms with Gasteiger partial charge in [0.05, 0.1) is 0 Å². The lowest BCUT2D eigenvalue weighted by atomic mass is 9.90. The zero-order valence-corrected chi connectivity index (χ0v) is 8.75. The first kappa shape index (κ1) is 10.3. The quantitative estimate of drug-likeness (QED) is 0.692. The molecule has 0 aliphatic heterocycles. The van der Waals surface area contributed by atoms with E-state index in [-0.39, 0.29) is 0 Å². The minimum Gasteiger partial charge on any atom is -0.346 e. The van der Waals surface area contributed by atoms with Crippen molar-refractivity contribution in [3.63, 3.8) is 0 Å². The molecule has 0 heterocycles. The fourth-order valence-corrected chi connectivity index (χ4v) is 3.37. The van der Waals surface area contributed by atoms with E-state index < -0.39 is 8.03 Å². The Morgan fingerprint density at radius 1 is 1.50 bits per heavy atom. The first-order valence-electron chi connectivity index (χ1n) is 4.95. The van der Waals surface area contributed by atoms with Crippen LogP contribution in [-0.4, -0.2) is 11.1 Å². The van der Waals surface area contributed by atoms with Crippen LogP contribution < -0.4 is 0 Å². The summed E-state index contributed by atoms with van der Waals surface area (Å²) >= 11 is 0. The number of rotatable bonds is 4. The predicted molar refractivity (Wildman–Crippen MR) is 51.8 cm³/mol. The molecule has 0 aromatic heterocycles. The largest absolute Gasteiger partial charge is 0.346 e. The van der Waals surface area contributed by atoms with Gasteiger partial charge in [0.25, 0.3) is 0 Å². The summed E-state index contributed by atoms with van der Waals surface area (Å²) in [6, 6.07) is 0. The van der Waals surface area contributed by atoms with Crippen molar-refractivity contribution in [1.29, 1.82) is 0 Å². The van der Waals surface area contributed by atoms with Crippen LogP contribution in [0, 0.1) is 11.8 Å². The van der Waals surface area contributed by atoms with E-state index in [4.69, 9.17) is 4.89 Å². The van der Waals surface area contributed by atoms with E-state index in [1.165, 1.54) is 25.7 Å². The van der Waals surface area contributed by atoms with Crippen LogP contribution in [-0.2, 0) is 4.57 Å². The van der Waals surface area contributed by atoms with Gasteiger partial charge in [0.15, 0.2) is 8.03 Å². The zero-order chi connectivity index (χ0) is 8.97. The number of hydrogen-bond donors (Lipinski definition) is 1. The second-order valence-electron chi connectivity index (χ2n) is 3.81. The Labute approximate surface area is 75.2 Å². The summed E-state index contributed by atoms with van der Waals surface area (Å²) in [7, 11) is -2.23. The number of hydrogen-bond acceptors (Lipinski definition) is 1. The van der Waals surface area contributed by atoms with Crippen molar-refractivity contribution in [3.05, 3.63) is 0 Å². The highest BCUT2D eigenvalue weighted by Gasteiger charge is 2.24. The SMILES string of the molecule is CCC(C[PH](=O)O)C1CCCC1. The summed E-state index contributed by atoms with van der Waals surface area (Å²) in [6.45, 7) is 2.13. The van der Waals surface area contributed by atoms with E-state index in [1.807, 2.05) is 0 Å². The Kier molecular flexibility index (Phi) is 4.31. The molecule has 0 aromatic carbocycles. The highest BCUT2D eigenvalue weighted by atomic mass is 31.1. The van der Waals surface area contributed by atoms with Gasteiger partial charge in [-0.15, -0.1) is 0 Å². The summed E-state index contributed by atoms with van der Waals surface area (Å²) in [4.78, 5) is 8.86. The van der Waals surface area contributed by atoms with Crippen molar-refractivity contribution in [2.75, 3.05) is 6.16 Å². The molecule has 12 heavy (non-hydrogen) atoms. The summed E-state index contributed by atoms with van der Waals surface area (Å²) in [5.74, 6) is 1.26. The van der Waals surface area contributed by atoms with Gasteiger partial charge in [0, 0.05) is 6.16 Å². The van der Waals surface area contributed by atoms with Crippen LogP contribution >= 0.6 is 8.03 Å². The highest BCUT2D eigenvalue weighted by molar-refractivity contribution is 7.38. The summed E-state index contributed by atoms with van der Waals surface area (Å²) < 4.78 is 10.7. The molecule has 2 unspecified atom stereocenters. The van der Waals surface area contributed by atoms with Crippen molar-refractivity contribution >= 4 is 8.03 Å². The standard InChI is InChI=1S/C9H19O2P/c1-2-8(7-12(10)11)9-5-3-4-6-9/h8-9,12H,2-7H2,1H3,(H,10,11). The molecule has 2 atom stereocenters. The molecule has 0 spiro atoms. The average Bonchev–Trinajstić information content (AvgIpc) is 2.51. The van der Waals surface area contributed by atoms with E-state index in [9.17, 15) is 4.57 Å². The first-order chi connectivity index (χ1) is 5.74. The van der Waals surface area contributed by atoms with Crippen LogP contribution in [0.5, 0.6) is 0 Å². The van der Waals surface area contributed by atoms with E-state index in [1.54, 1.807) is 0 Å². The van der Waals surface area contributed by atoms with Crippen LogP contribution in [0.3, 0.4) is 0 Å². The highest BCUT2D eigenvalue weighted by Crippen LogP contribution is 2.36. The topological polar surface area (TPSA) is 37.3 Å². The summed E-state index contributed by atoms with van der Waals surface area (Å²) in [5.41, 5.74) is 0. The Morgan fingerprint density at radius 2 is 2.08 bits per heavy atom. The van der Waals surface area contributed by atoms with Crippen LogP contribution in [0.2, 0.25) is 0 Å². The maximum Gasteiger partial charge on any atom is 0.189 e. The smallest absolute Gasteiger partial charge is 0.189 e. The second kappa shape index (κ2) is 5.04. The lowest BCUT2D eigenvalue weighted by Crippen LogP contribution is -2.13. The van der Waals surface area contributed by atoms with Crippen LogP contribution in [0.15, 0.2) is 0 Å². The molecular formula is C9H19O2P. The van der Waals surface area contributed by atoms with Crippen molar-refractivity contribution in [2.24, 2.45) is 11.8 Å². The van der Waals surface area contributed by atoms with E-state index >= 15 is 0 Å². The zero-order valence-electron chi connectivity index (χ0n) is 7.75. The predicted octanol–water partition coefficient (Wildman–Crippen LogP) is 2.67. The molecule has 0 saturated heterocycles. The van der Waals surface area contributed by atoms with E-state index in [2.05, 4.69) is 6.92 Å². The average molecular weight is 190 g/mol. The van der Waals surface area contributed by atoms with Gasteiger partial charge in [-0.05, 0) is 11.8 Å². The van der Waals surface area contributed by atoms with Gasteiger partial charge in [-0.3, -0.25) is 4.57 Å². The molecule has 1 fully saturated rings. The van der Waals surface area contributed by atoms with Crippen molar-refractivity contribution in [2.45, 2.75) is 39.0 Å². The van der Waals surface area contributed by atoms with Gasteiger partial charge < -0.3 is 4.89 Å². The molecule has 0 radical (unpaired) electrons. The molecule has 1 aliphatic rings. The molecule has 1 rings (SSSR count). The van der Waals surface area contributed by atoms with Crippen molar-refractivity contribution < 1.29 is 9.46 Å². The Balaban J connectivity index is 2.37.